The molecule has 34 heavy (non-hydrogen) atoms. The Labute approximate surface area is 198 Å². The molecule has 0 bridgehead atoms. The van der Waals surface area contributed by atoms with Crippen LogP contribution >= 0.6 is 0 Å². The van der Waals surface area contributed by atoms with Crippen LogP contribution in [0.1, 0.15) is 52.4 Å². The van der Waals surface area contributed by atoms with Crippen LogP contribution in [0.4, 0.5) is 17.3 Å². The maximum Gasteiger partial charge on any atom is 0.262 e. The van der Waals surface area contributed by atoms with Crippen molar-refractivity contribution in [2.45, 2.75) is 40.2 Å². The lowest BCUT2D eigenvalue weighted by Crippen LogP contribution is -2.47. The van der Waals surface area contributed by atoms with Gasteiger partial charge in [0.1, 0.15) is 6.04 Å². The van der Waals surface area contributed by atoms with Gasteiger partial charge in [-0.3, -0.25) is 19.3 Å². The quantitative estimate of drug-likeness (QED) is 0.507. The molecule has 0 saturated heterocycles. The molecule has 1 atom stereocenters. The Kier molecular flexibility index (Phi) is 6.40. The van der Waals surface area contributed by atoms with Gasteiger partial charge in [0.2, 0.25) is 11.9 Å². The predicted octanol–water partition coefficient (Wildman–Crippen LogP) is 4.49. The fourth-order valence-electron chi connectivity index (χ4n) is 4.04. The number of anilines is 3. The molecule has 8 nitrogen and oxygen atoms in total. The summed E-state index contributed by atoms with van der Waals surface area (Å²) in [5, 5.41) is 6.01. The molecule has 1 aromatic heterocycles. The van der Waals surface area contributed by atoms with E-state index in [1.807, 2.05) is 33.8 Å². The molecule has 1 unspecified atom stereocenters. The van der Waals surface area contributed by atoms with E-state index in [9.17, 15) is 14.4 Å². The Morgan fingerprint density at radius 2 is 1.41 bits per heavy atom. The summed E-state index contributed by atoms with van der Waals surface area (Å²) < 4.78 is 0. The van der Waals surface area contributed by atoms with E-state index in [-0.39, 0.29) is 5.92 Å². The number of hydrogen-bond donors (Lipinski definition) is 2. The molecular formula is C26H27N5O3. The third-order valence-electron chi connectivity index (χ3n) is 5.53. The minimum absolute atomic E-state index is 0.101. The van der Waals surface area contributed by atoms with Gasteiger partial charge in [-0.1, -0.05) is 26.0 Å². The topological polar surface area (TPSA) is 104 Å². The summed E-state index contributed by atoms with van der Waals surface area (Å²) in [5.41, 5.74) is 3.71. The summed E-state index contributed by atoms with van der Waals surface area (Å²) >= 11 is 0. The molecule has 0 radical (unpaired) electrons. The van der Waals surface area contributed by atoms with Gasteiger partial charge in [0.25, 0.3) is 11.8 Å². The number of fused-ring (bicyclic) bond motifs is 1. The first-order valence-electron chi connectivity index (χ1n) is 11.2. The minimum atomic E-state index is -0.908. The summed E-state index contributed by atoms with van der Waals surface area (Å²) in [5.74, 6) is -0.674. The second-order valence-electron chi connectivity index (χ2n) is 8.84. The highest BCUT2D eigenvalue weighted by Gasteiger charge is 2.42. The van der Waals surface area contributed by atoms with E-state index in [4.69, 9.17) is 0 Å². The van der Waals surface area contributed by atoms with E-state index in [1.54, 1.807) is 48.5 Å². The second-order valence-corrected chi connectivity index (χ2v) is 8.84. The molecule has 1 aliphatic rings. The van der Waals surface area contributed by atoms with Crippen molar-refractivity contribution in [2.75, 3.05) is 10.6 Å². The number of nitrogens with one attached hydrogen (secondary N) is 2. The number of rotatable bonds is 7. The number of carbonyl (C=O) groups is 3. The van der Waals surface area contributed by atoms with Crippen molar-refractivity contribution in [3.63, 3.8) is 0 Å². The average molecular weight is 458 g/mol. The number of carbonyl (C=O) groups excluding carboxylic acids is 3. The van der Waals surface area contributed by atoms with Crippen LogP contribution in [0, 0.1) is 19.8 Å². The van der Waals surface area contributed by atoms with Gasteiger partial charge in [-0.25, -0.2) is 9.97 Å². The van der Waals surface area contributed by atoms with Crippen molar-refractivity contribution in [1.82, 2.24) is 14.9 Å². The molecular weight excluding hydrogens is 430 g/mol. The minimum Gasteiger partial charge on any atom is -0.324 e. The third kappa shape index (κ3) is 4.80. The number of aryl methyl sites for hydroxylation is 2. The van der Waals surface area contributed by atoms with Gasteiger partial charge in [-0.05, 0) is 68.7 Å². The standard InChI is InChI=1S/C26H27N5O3/c1-15(2)13-22(31-24(33)20-7-5-6-8-21(20)25(31)34)23(32)29-18-9-11-19(12-10-18)30-26-27-16(3)14-17(4)28-26/h5-12,14-15,22H,13H2,1-4H3,(H,29,32)(H,27,28,30). The van der Waals surface area contributed by atoms with Gasteiger partial charge >= 0.3 is 0 Å². The second kappa shape index (κ2) is 9.43. The Bertz CT molecular complexity index is 1200. The van der Waals surface area contributed by atoms with Crippen LogP contribution in [0.15, 0.2) is 54.6 Å². The maximum absolute atomic E-state index is 13.2. The van der Waals surface area contributed by atoms with Crippen molar-refractivity contribution in [3.8, 4) is 0 Å². The van der Waals surface area contributed by atoms with Crippen LogP contribution in [0.2, 0.25) is 0 Å². The zero-order valence-electron chi connectivity index (χ0n) is 19.6. The molecule has 174 valence electrons. The molecule has 4 rings (SSSR count). The number of amides is 3. The maximum atomic E-state index is 13.2. The number of hydrogen-bond acceptors (Lipinski definition) is 6. The fraction of sp³-hybridized carbons (Fsp3) is 0.269. The largest absolute Gasteiger partial charge is 0.324 e. The van der Waals surface area contributed by atoms with Gasteiger partial charge in [-0.15, -0.1) is 0 Å². The molecule has 0 fully saturated rings. The van der Waals surface area contributed by atoms with E-state index in [0.29, 0.717) is 29.2 Å². The van der Waals surface area contributed by atoms with Crippen molar-refractivity contribution in [3.05, 3.63) is 77.1 Å². The summed E-state index contributed by atoms with van der Waals surface area (Å²) in [4.78, 5) is 49.0. The highest BCUT2D eigenvalue weighted by Crippen LogP contribution is 2.28. The number of imide groups is 1. The lowest BCUT2D eigenvalue weighted by atomic mass is 10.0. The first kappa shape index (κ1) is 23.1. The fourth-order valence-corrected chi connectivity index (χ4v) is 4.04. The first-order valence-corrected chi connectivity index (χ1v) is 11.2. The molecule has 8 heteroatoms. The lowest BCUT2D eigenvalue weighted by molar-refractivity contribution is -0.120. The smallest absolute Gasteiger partial charge is 0.262 e. The van der Waals surface area contributed by atoms with Crippen LogP contribution < -0.4 is 10.6 Å². The average Bonchev–Trinajstić information content (AvgIpc) is 3.03. The normalized spacial score (nSPS) is 13.7. The highest BCUT2D eigenvalue weighted by molar-refractivity contribution is 6.23. The Hall–Kier alpha value is -4.07. The number of nitrogens with zero attached hydrogens (tertiary/aromatic N) is 3. The van der Waals surface area contributed by atoms with Crippen molar-refractivity contribution >= 4 is 35.0 Å². The van der Waals surface area contributed by atoms with Gasteiger partial charge in [0.05, 0.1) is 11.1 Å². The van der Waals surface area contributed by atoms with Crippen LogP contribution in [0.25, 0.3) is 0 Å². The van der Waals surface area contributed by atoms with E-state index in [1.165, 1.54) is 0 Å². The van der Waals surface area contributed by atoms with Gasteiger partial charge in [-0.2, -0.15) is 0 Å². The summed E-state index contributed by atoms with van der Waals surface area (Å²) in [7, 11) is 0. The zero-order valence-corrected chi connectivity index (χ0v) is 19.6. The third-order valence-corrected chi connectivity index (χ3v) is 5.53. The molecule has 2 heterocycles. The van der Waals surface area contributed by atoms with Crippen LogP contribution in [-0.2, 0) is 4.79 Å². The van der Waals surface area contributed by atoms with E-state index in [2.05, 4.69) is 20.6 Å². The molecule has 0 spiro atoms. The van der Waals surface area contributed by atoms with Crippen molar-refractivity contribution < 1.29 is 14.4 Å². The van der Waals surface area contributed by atoms with Gasteiger partial charge in [0.15, 0.2) is 0 Å². The molecule has 0 saturated carbocycles. The van der Waals surface area contributed by atoms with Gasteiger partial charge < -0.3 is 10.6 Å². The SMILES string of the molecule is Cc1cc(C)nc(Nc2ccc(NC(=O)C(CC(C)C)N3C(=O)c4ccccc4C3=O)cc2)n1. The molecule has 0 aliphatic carbocycles. The predicted molar refractivity (Wildman–Crippen MR) is 130 cm³/mol. The monoisotopic (exact) mass is 457 g/mol. The number of aromatic nitrogens is 2. The molecule has 3 amide bonds. The van der Waals surface area contributed by atoms with Crippen LogP contribution in [0.5, 0.6) is 0 Å². The van der Waals surface area contributed by atoms with Gasteiger partial charge in [0, 0.05) is 22.8 Å². The van der Waals surface area contributed by atoms with Crippen LogP contribution in [0.3, 0.4) is 0 Å². The molecule has 1 aliphatic heterocycles. The van der Waals surface area contributed by atoms with E-state index >= 15 is 0 Å². The highest BCUT2D eigenvalue weighted by atomic mass is 16.2. The molecule has 2 aromatic carbocycles. The summed E-state index contributed by atoms with van der Waals surface area (Å²) in [6, 6.07) is 14.7. The van der Waals surface area contributed by atoms with E-state index < -0.39 is 23.8 Å². The molecule has 2 N–H and O–H groups in total. The Morgan fingerprint density at radius 3 is 1.94 bits per heavy atom. The summed E-state index contributed by atoms with van der Waals surface area (Å²) in [6.07, 6.45) is 0.362. The van der Waals surface area contributed by atoms with Crippen molar-refractivity contribution in [1.29, 1.82) is 0 Å². The number of benzene rings is 2. The lowest BCUT2D eigenvalue weighted by Gasteiger charge is -2.26. The van der Waals surface area contributed by atoms with Crippen molar-refractivity contribution in [2.24, 2.45) is 5.92 Å². The van der Waals surface area contributed by atoms with Crippen LogP contribution in [-0.4, -0.2) is 38.6 Å². The zero-order chi connectivity index (χ0) is 24.4. The Morgan fingerprint density at radius 1 is 0.882 bits per heavy atom. The summed E-state index contributed by atoms with van der Waals surface area (Å²) in [6.45, 7) is 7.71. The van der Waals surface area contributed by atoms with E-state index in [0.717, 1.165) is 22.0 Å². The molecule has 3 aromatic rings. The first-order chi connectivity index (χ1) is 16.2. The Balaban J connectivity index is 1.50.